The van der Waals surface area contributed by atoms with Gasteiger partial charge in [0.1, 0.15) is 5.82 Å². The highest BCUT2D eigenvalue weighted by atomic mass is 19.1. The Kier molecular flexibility index (Phi) is 4.00. The van der Waals surface area contributed by atoms with Crippen LogP contribution in [0.1, 0.15) is 35.5 Å². The molecule has 1 aromatic carbocycles. The van der Waals surface area contributed by atoms with Crippen molar-refractivity contribution < 1.29 is 4.39 Å². The van der Waals surface area contributed by atoms with E-state index in [1.54, 1.807) is 6.07 Å². The summed E-state index contributed by atoms with van der Waals surface area (Å²) in [7, 11) is 1.94. The molecule has 0 unspecified atom stereocenters. The monoisotopic (exact) mass is 261 g/mol. The molecule has 0 aliphatic rings. The fraction of sp³-hybridized carbons (Fsp3) is 0.400. The molecule has 3 nitrogen and oxygen atoms in total. The third-order valence-corrected chi connectivity index (χ3v) is 3.62. The van der Waals surface area contributed by atoms with Gasteiger partial charge in [-0.2, -0.15) is 5.10 Å². The number of nitrogens with one attached hydrogen (secondary N) is 1. The van der Waals surface area contributed by atoms with Crippen LogP contribution in [-0.4, -0.2) is 9.78 Å². The van der Waals surface area contributed by atoms with Crippen molar-refractivity contribution >= 4 is 0 Å². The first kappa shape index (κ1) is 13.7. The summed E-state index contributed by atoms with van der Waals surface area (Å²) >= 11 is 0. The Labute approximate surface area is 113 Å². The standard InChI is InChI=1S/C15H20FN3/c1-10(13-7-5-6-8-15(13)16)17-9-14-11(2)18-19(4)12(14)3/h5-8,10,17H,9H2,1-4H3/t10-/m1/s1. The molecular formula is C15H20FN3. The number of nitrogens with zero attached hydrogens (tertiary/aromatic N) is 2. The molecule has 0 saturated heterocycles. The van der Waals surface area contributed by atoms with Crippen LogP contribution in [0.2, 0.25) is 0 Å². The number of aromatic nitrogens is 2. The molecule has 0 bridgehead atoms. The van der Waals surface area contributed by atoms with Crippen molar-refractivity contribution in [2.75, 3.05) is 0 Å². The average molecular weight is 261 g/mol. The summed E-state index contributed by atoms with van der Waals surface area (Å²) < 4.78 is 15.5. The number of hydrogen-bond acceptors (Lipinski definition) is 2. The Bertz CT molecular complexity index is 575. The molecule has 2 rings (SSSR count). The Morgan fingerprint density at radius 3 is 2.58 bits per heavy atom. The molecule has 0 amide bonds. The van der Waals surface area contributed by atoms with E-state index in [1.165, 1.54) is 11.6 Å². The lowest BCUT2D eigenvalue weighted by Crippen LogP contribution is -2.19. The van der Waals surface area contributed by atoms with Gasteiger partial charge in [0.05, 0.1) is 5.69 Å². The van der Waals surface area contributed by atoms with Crippen molar-refractivity contribution in [3.05, 3.63) is 52.6 Å². The van der Waals surface area contributed by atoms with E-state index < -0.39 is 0 Å². The second-order valence-electron chi connectivity index (χ2n) is 4.90. The number of benzene rings is 1. The first-order valence-electron chi connectivity index (χ1n) is 6.47. The molecule has 102 valence electrons. The molecule has 0 aliphatic heterocycles. The Hall–Kier alpha value is -1.68. The van der Waals surface area contributed by atoms with E-state index in [0.717, 1.165) is 11.4 Å². The largest absolute Gasteiger partial charge is 0.306 e. The van der Waals surface area contributed by atoms with Crippen LogP contribution in [0.3, 0.4) is 0 Å². The van der Waals surface area contributed by atoms with E-state index in [-0.39, 0.29) is 11.9 Å². The van der Waals surface area contributed by atoms with Crippen LogP contribution in [0.4, 0.5) is 4.39 Å². The highest BCUT2D eigenvalue weighted by Crippen LogP contribution is 2.18. The fourth-order valence-electron chi connectivity index (χ4n) is 2.26. The highest BCUT2D eigenvalue weighted by molar-refractivity contribution is 5.25. The van der Waals surface area contributed by atoms with Gasteiger partial charge in [0.25, 0.3) is 0 Å². The summed E-state index contributed by atoms with van der Waals surface area (Å²) in [5.74, 6) is -0.165. The quantitative estimate of drug-likeness (QED) is 0.916. The van der Waals surface area contributed by atoms with Crippen LogP contribution in [0.25, 0.3) is 0 Å². The zero-order valence-corrected chi connectivity index (χ0v) is 11.9. The highest BCUT2D eigenvalue weighted by Gasteiger charge is 2.13. The SMILES string of the molecule is Cc1nn(C)c(C)c1CN[C@H](C)c1ccccc1F. The molecule has 0 saturated carbocycles. The zero-order valence-electron chi connectivity index (χ0n) is 11.9. The van der Waals surface area contributed by atoms with Crippen molar-refractivity contribution in [3.63, 3.8) is 0 Å². The molecule has 0 spiro atoms. The minimum absolute atomic E-state index is 0.0276. The first-order valence-corrected chi connectivity index (χ1v) is 6.47. The summed E-state index contributed by atoms with van der Waals surface area (Å²) in [6.45, 7) is 6.71. The summed E-state index contributed by atoms with van der Waals surface area (Å²) in [6.07, 6.45) is 0. The van der Waals surface area contributed by atoms with Gasteiger partial charge in [-0.15, -0.1) is 0 Å². The number of aryl methyl sites for hydroxylation is 2. The third kappa shape index (κ3) is 2.84. The van der Waals surface area contributed by atoms with E-state index >= 15 is 0 Å². The van der Waals surface area contributed by atoms with Crippen LogP contribution in [0.15, 0.2) is 24.3 Å². The second-order valence-corrected chi connectivity index (χ2v) is 4.90. The molecule has 0 radical (unpaired) electrons. The van der Waals surface area contributed by atoms with Gasteiger partial charge in [-0.1, -0.05) is 18.2 Å². The molecule has 1 atom stereocenters. The second kappa shape index (κ2) is 5.53. The summed E-state index contributed by atoms with van der Waals surface area (Å²) in [4.78, 5) is 0. The maximum absolute atomic E-state index is 13.7. The van der Waals surface area contributed by atoms with E-state index in [4.69, 9.17) is 0 Å². The topological polar surface area (TPSA) is 29.9 Å². The van der Waals surface area contributed by atoms with Crippen molar-refractivity contribution in [2.24, 2.45) is 7.05 Å². The van der Waals surface area contributed by atoms with Gasteiger partial charge in [0.15, 0.2) is 0 Å². The van der Waals surface area contributed by atoms with Crippen molar-refractivity contribution in [3.8, 4) is 0 Å². The number of halogens is 1. The van der Waals surface area contributed by atoms with Gasteiger partial charge >= 0.3 is 0 Å². The van der Waals surface area contributed by atoms with Gasteiger partial charge in [-0.25, -0.2) is 4.39 Å². The van der Waals surface area contributed by atoms with Crippen LogP contribution >= 0.6 is 0 Å². The lowest BCUT2D eigenvalue weighted by Gasteiger charge is -2.15. The molecule has 19 heavy (non-hydrogen) atoms. The van der Waals surface area contributed by atoms with Crippen LogP contribution < -0.4 is 5.32 Å². The predicted molar refractivity (Wildman–Crippen MR) is 74.3 cm³/mol. The Morgan fingerprint density at radius 2 is 2.00 bits per heavy atom. The fourth-order valence-corrected chi connectivity index (χ4v) is 2.26. The maximum Gasteiger partial charge on any atom is 0.127 e. The van der Waals surface area contributed by atoms with Crippen molar-refractivity contribution in [1.82, 2.24) is 15.1 Å². The number of hydrogen-bond donors (Lipinski definition) is 1. The van der Waals surface area contributed by atoms with Gasteiger partial charge in [0, 0.05) is 36.5 Å². The Morgan fingerprint density at radius 1 is 1.32 bits per heavy atom. The molecule has 0 aliphatic carbocycles. The van der Waals surface area contributed by atoms with Crippen molar-refractivity contribution in [2.45, 2.75) is 33.4 Å². The number of rotatable bonds is 4. The van der Waals surface area contributed by atoms with Crippen LogP contribution in [0, 0.1) is 19.7 Å². The van der Waals surface area contributed by atoms with Gasteiger partial charge in [-0.05, 0) is 26.8 Å². The van der Waals surface area contributed by atoms with Gasteiger partial charge in [-0.3, -0.25) is 4.68 Å². The van der Waals surface area contributed by atoms with E-state index in [2.05, 4.69) is 10.4 Å². The molecule has 0 fully saturated rings. The molecule has 1 N–H and O–H groups in total. The molecule has 2 aromatic rings. The third-order valence-electron chi connectivity index (χ3n) is 3.62. The molecule has 1 heterocycles. The molecular weight excluding hydrogens is 241 g/mol. The minimum Gasteiger partial charge on any atom is -0.306 e. The minimum atomic E-state index is -0.165. The summed E-state index contributed by atoms with van der Waals surface area (Å²) in [5.41, 5.74) is 4.05. The zero-order chi connectivity index (χ0) is 14.0. The van der Waals surface area contributed by atoms with E-state index in [9.17, 15) is 4.39 Å². The normalized spacial score (nSPS) is 12.7. The maximum atomic E-state index is 13.7. The van der Waals surface area contributed by atoms with E-state index in [0.29, 0.717) is 12.1 Å². The van der Waals surface area contributed by atoms with Gasteiger partial charge < -0.3 is 5.32 Å². The van der Waals surface area contributed by atoms with Gasteiger partial charge in [0.2, 0.25) is 0 Å². The lowest BCUT2D eigenvalue weighted by molar-refractivity contribution is 0.527. The van der Waals surface area contributed by atoms with E-state index in [1.807, 2.05) is 44.6 Å². The Balaban J connectivity index is 2.09. The summed E-state index contributed by atoms with van der Waals surface area (Å²) in [6, 6.07) is 6.85. The van der Waals surface area contributed by atoms with Crippen LogP contribution in [-0.2, 0) is 13.6 Å². The van der Waals surface area contributed by atoms with Crippen molar-refractivity contribution in [1.29, 1.82) is 0 Å². The molecule has 4 heteroatoms. The van der Waals surface area contributed by atoms with Crippen LogP contribution in [0.5, 0.6) is 0 Å². The predicted octanol–water partition coefficient (Wildman–Crippen LogP) is 3.03. The smallest absolute Gasteiger partial charge is 0.127 e. The summed E-state index contributed by atoms with van der Waals surface area (Å²) in [5, 5.41) is 7.74. The molecule has 1 aromatic heterocycles. The lowest BCUT2D eigenvalue weighted by atomic mass is 10.1. The average Bonchev–Trinajstić information content (AvgIpc) is 2.61. The first-order chi connectivity index (χ1) is 9.00.